The number of nitrogens with zero attached hydrogens (tertiary/aromatic N) is 2. The second kappa shape index (κ2) is 5.69. The monoisotopic (exact) mass is 361 g/mol. The summed E-state index contributed by atoms with van der Waals surface area (Å²) in [5, 5.41) is 0. The fourth-order valence-electron chi connectivity index (χ4n) is 2.00. The lowest BCUT2D eigenvalue weighted by Crippen LogP contribution is -2.17. The Morgan fingerprint density at radius 2 is 2.06 bits per heavy atom. The van der Waals surface area contributed by atoms with Gasteiger partial charge in [-0.2, -0.15) is 0 Å². The molecule has 0 aliphatic heterocycles. The number of hydrogen-bond donors (Lipinski definition) is 1. The normalized spacial score (nSPS) is 17.2. The molecule has 1 atom stereocenters. The SMILES string of the molecule is CCOC(c1nc(N)c(I)c(C2CC2)n1)C(C)C. The maximum atomic E-state index is 6.01. The van der Waals surface area contributed by atoms with Gasteiger partial charge in [-0.25, -0.2) is 9.97 Å². The molecule has 0 amide bonds. The van der Waals surface area contributed by atoms with Crippen LogP contribution in [0.15, 0.2) is 0 Å². The van der Waals surface area contributed by atoms with Crippen LogP contribution in [0.3, 0.4) is 0 Å². The molecule has 1 aromatic heterocycles. The van der Waals surface area contributed by atoms with Crippen molar-refractivity contribution >= 4 is 28.4 Å². The Labute approximate surface area is 122 Å². The van der Waals surface area contributed by atoms with Gasteiger partial charge in [0, 0.05) is 12.5 Å². The van der Waals surface area contributed by atoms with Crippen LogP contribution in [-0.2, 0) is 4.74 Å². The van der Waals surface area contributed by atoms with Gasteiger partial charge in [-0.3, -0.25) is 0 Å². The van der Waals surface area contributed by atoms with Gasteiger partial charge in [-0.1, -0.05) is 13.8 Å². The van der Waals surface area contributed by atoms with E-state index < -0.39 is 0 Å². The van der Waals surface area contributed by atoms with E-state index in [2.05, 4.69) is 41.4 Å². The maximum Gasteiger partial charge on any atom is 0.160 e. The summed E-state index contributed by atoms with van der Waals surface area (Å²) in [6, 6.07) is 0. The lowest BCUT2D eigenvalue weighted by Gasteiger charge is -2.20. The summed E-state index contributed by atoms with van der Waals surface area (Å²) in [6.07, 6.45) is 2.37. The van der Waals surface area contributed by atoms with E-state index in [-0.39, 0.29) is 6.10 Å². The van der Waals surface area contributed by atoms with Crippen LogP contribution in [0, 0.1) is 9.49 Å². The molecule has 1 aliphatic carbocycles. The van der Waals surface area contributed by atoms with Crippen molar-refractivity contribution in [1.29, 1.82) is 0 Å². The van der Waals surface area contributed by atoms with Gasteiger partial charge >= 0.3 is 0 Å². The van der Waals surface area contributed by atoms with Crippen LogP contribution in [-0.4, -0.2) is 16.6 Å². The number of nitrogens with two attached hydrogens (primary N) is 1. The average Bonchev–Trinajstić information content (AvgIpc) is 3.13. The van der Waals surface area contributed by atoms with Crippen LogP contribution in [0.1, 0.15) is 57.2 Å². The minimum atomic E-state index is -0.0631. The third kappa shape index (κ3) is 2.93. The van der Waals surface area contributed by atoms with Crippen molar-refractivity contribution in [3.8, 4) is 0 Å². The van der Waals surface area contributed by atoms with E-state index in [4.69, 9.17) is 15.5 Å². The molecule has 0 bridgehead atoms. The van der Waals surface area contributed by atoms with Gasteiger partial charge in [-0.15, -0.1) is 0 Å². The average molecular weight is 361 g/mol. The van der Waals surface area contributed by atoms with E-state index in [0.29, 0.717) is 24.3 Å². The Hall–Kier alpha value is -0.430. The van der Waals surface area contributed by atoms with Crippen molar-refractivity contribution in [2.75, 3.05) is 12.3 Å². The first kappa shape index (κ1) is 14.0. The summed E-state index contributed by atoms with van der Waals surface area (Å²) in [4.78, 5) is 9.13. The molecule has 0 spiro atoms. The summed E-state index contributed by atoms with van der Waals surface area (Å²) in [5.74, 6) is 2.26. The molecular weight excluding hydrogens is 341 g/mol. The van der Waals surface area contributed by atoms with Gasteiger partial charge in [0.25, 0.3) is 0 Å². The lowest BCUT2D eigenvalue weighted by atomic mass is 10.1. The van der Waals surface area contributed by atoms with Crippen molar-refractivity contribution in [3.63, 3.8) is 0 Å². The summed E-state index contributed by atoms with van der Waals surface area (Å²) in [7, 11) is 0. The summed E-state index contributed by atoms with van der Waals surface area (Å²) < 4.78 is 6.77. The van der Waals surface area contributed by atoms with Gasteiger partial charge in [-0.05, 0) is 48.3 Å². The number of aromatic nitrogens is 2. The Morgan fingerprint density at radius 3 is 2.56 bits per heavy atom. The zero-order valence-electron chi connectivity index (χ0n) is 11.1. The molecule has 4 nitrogen and oxygen atoms in total. The lowest BCUT2D eigenvalue weighted by molar-refractivity contribution is 0.0231. The quantitative estimate of drug-likeness (QED) is 0.818. The number of halogens is 1. The van der Waals surface area contributed by atoms with Gasteiger partial charge < -0.3 is 10.5 Å². The second-order valence-electron chi connectivity index (χ2n) is 5.06. The Bertz CT molecular complexity index is 432. The molecule has 0 aromatic carbocycles. The van der Waals surface area contributed by atoms with Crippen LogP contribution < -0.4 is 5.73 Å². The van der Waals surface area contributed by atoms with E-state index in [1.54, 1.807) is 0 Å². The van der Waals surface area contributed by atoms with Crippen LogP contribution in [0.2, 0.25) is 0 Å². The molecule has 18 heavy (non-hydrogen) atoms. The fourth-order valence-corrected chi connectivity index (χ4v) is 2.68. The number of nitrogen functional groups attached to an aromatic ring is 1. The van der Waals surface area contributed by atoms with Crippen molar-refractivity contribution in [2.24, 2.45) is 5.92 Å². The Morgan fingerprint density at radius 1 is 1.39 bits per heavy atom. The summed E-state index contributed by atoms with van der Waals surface area (Å²) in [6.45, 7) is 6.90. The Kier molecular flexibility index (Phi) is 4.42. The third-order valence-corrected chi connectivity index (χ3v) is 4.20. The van der Waals surface area contributed by atoms with Crippen molar-refractivity contribution < 1.29 is 4.74 Å². The summed E-state index contributed by atoms with van der Waals surface area (Å²) >= 11 is 2.25. The molecule has 2 N–H and O–H groups in total. The van der Waals surface area contributed by atoms with Crippen LogP contribution in [0.25, 0.3) is 0 Å². The number of anilines is 1. The molecule has 1 aliphatic rings. The fraction of sp³-hybridized carbons (Fsp3) is 0.692. The number of ether oxygens (including phenoxy) is 1. The van der Waals surface area contributed by atoms with Crippen molar-refractivity contribution in [2.45, 2.75) is 45.6 Å². The number of hydrogen-bond acceptors (Lipinski definition) is 4. The first-order valence-corrected chi connectivity index (χ1v) is 7.56. The molecule has 1 saturated carbocycles. The molecule has 1 fully saturated rings. The molecule has 0 saturated heterocycles. The van der Waals surface area contributed by atoms with Crippen LogP contribution in [0.5, 0.6) is 0 Å². The molecule has 1 unspecified atom stereocenters. The van der Waals surface area contributed by atoms with Gasteiger partial charge in [0.2, 0.25) is 0 Å². The molecule has 2 rings (SSSR count). The zero-order chi connectivity index (χ0) is 13.3. The largest absolute Gasteiger partial charge is 0.383 e. The Balaban J connectivity index is 2.37. The maximum absolute atomic E-state index is 6.01. The van der Waals surface area contributed by atoms with E-state index in [9.17, 15) is 0 Å². The smallest absolute Gasteiger partial charge is 0.160 e. The standard InChI is InChI=1S/C13H20IN3O/c1-4-18-11(7(2)3)13-16-10(8-5-6-8)9(14)12(15)17-13/h7-8,11H,4-6H2,1-3H3,(H2,15,16,17). The highest BCUT2D eigenvalue weighted by atomic mass is 127. The molecule has 100 valence electrons. The van der Waals surface area contributed by atoms with E-state index >= 15 is 0 Å². The van der Waals surface area contributed by atoms with Gasteiger partial charge in [0.15, 0.2) is 5.82 Å². The minimum Gasteiger partial charge on any atom is -0.383 e. The highest BCUT2D eigenvalue weighted by Crippen LogP contribution is 2.42. The van der Waals surface area contributed by atoms with Crippen molar-refractivity contribution in [3.05, 3.63) is 15.1 Å². The topological polar surface area (TPSA) is 61.0 Å². The molecule has 0 radical (unpaired) electrons. The third-order valence-electron chi connectivity index (χ3n) is 3.09. The first-order chi connectivity index (χ1) is 8.54. The minimum absolute atomic E-state index is 0.0631. The summed E-state index contributed by atoms with van der Waals surface area (Å²) in [5.41, 5.74) is 7.12. The van der Waals surface area contributed by atoms with Crippen LogP contribution >= 0.6 is 22.6 Å². The highest BCUT2D eigenvalue weighted by Gasteiger charge is 2.30. The molecule has 1 aromatic rings. The van der Waals surface area contributed by atoms with Gasteiger partial charge in [0.1, 0.15) is 11.9 Å². The zero-order valence-corrected chi connectivity index (χ0v) is 13.3. The predicted molar refractivity (Wildman–Crippen MR) is 80.3 cm³/mol. The van der Waals surface area contributed by atoms with Gasteiger partial charge in [0.05, 0.1) is 9.26 Å². The molecular formula is C13H20IN3O. The number of rotatable bonds is 5. The van der Waals surface area contributed by atoms with E-state index in [1.165, 1.54) is 12.8 Å². The predicted octanol–water partition coefficient (Wildman–Crippen LogP) is 3.27. The van der Waals surface area contributed by atoms with Crippen LogP contribution in [0.4, 0.5) is 5.82 Å². The van der Waals surface area contributed by atoms with E-state index in [1.807, 2.05) is 6.92 Å². The van der Waals surface area contributed by atoms with Crippen molar-refractivity contribution in [1.82, 2.24) is 9.97 Å². The first-order valence-electron chi connectivity index (χ1n) is 6.49. The molecule has 5 heteroatoms. The highest BCUT2D eigenvalue weighted by molar-refractivity contribution is 14.1. The second-order valence-corrected chi connectivity index (χ2v) is 6.14. The molecule has 1 heterocycles. The van der Waals surface area contributed by atoms with E-state index in [0.717, 1.165) is 15.1 Å².